The Morgan fingerprint density at radius 3 is 2.77 bits per heavy atom. The molecule has 1 N–H and O–H groups in total. The monoisotopic (exact) mass is 517 g/mol. The zero-order valence-electron chi connectivity index (χ0n) is 19.6. The molecule has 1 aliphatic heterocycles. The lowest BCUT2D eigenvalue weighted by molar-refractivity contribution is 0.0761. The maximum atomic E-state index is 6.26. The van der Waals surface area contributed by atoms with Crippen LogP contribution in [-0.4, -0.2) is 48.7 Å². The van der Waals surface area contributed by atoms with Crippen molar-refractivity contribution in [1.82, 2.24) is 9.97 Å². The van der Waals surface area contributed by atoms with Crippen LogP contribution < -0.4 is 24.3 Å². The number of nitrogens with zero attached hydrogens (tertiary/aromatic N) is 2. The molecule has 184 valence electrons. The quantitative estimate of drug-likeness (QED) is 0.234. The van der Waals surface area contributed by atoms with Crippen LogP contribution in [0.3, 0.4) is 0 Å². The predicted molar refractivity (Wildman–Crippen MR) is 135 cm³/mol. The molecule has 0 saturated heterocycles. The number of rotatable bonds is 9. The molecule has 1 aliphatic rings. The first-order valence-electron chi connectivity index (χ1n) is 11.0. The summed E-state index contributed by atoms with van der Waals surface area (Å²) in [5.41, 5.74) is 1.27. The first-order valence-corrected chi connectivity index (χ1v) is 11.9. The molecule has 35 heavy (non-hydrogen) atoms. The SMILES string of the molecule is COc1cc2c(NC3Oc4cc(Cl)cc(C#CCOC(C)C)c4O3)ncnc2cc1OCCCCl. The van der Waals surface area contributed by atoms with Gasteiger partial charge in [-0.2, -0.15) is 0 Å². The smallest absolute Gasteiger partial charge is 0.326 e. The van der Waals surface area contributed by atoms with E-state index in [1.165, 1.54) is 6.33 Å². The summed E-state index contributed by atoms with van der Waals surface area (Å²) >= 11 is 12.0. The van der Waals surface area contributed by atoms with Gasteiger partial charge in [0.15, 0.2) is 23.0 Å². The Morgan fingerprint density at radius 2 is 2.00 bits per heavy atom. The number of fused-ring (bicyclic) bond motifs is 2. The molecule has 0 aliphatic carbocycles. The topological polar surface area (TPSA) is 84.0 Å². The highest BCUT2D eigenvalue weighted by Crippen LogP contribution is 2.41. The number of anilines is 1. The number of halogens is 2. The molecule has 4 rings (SSSR count). The minimum absolute atomic E-state index is 0.0946. The van der Waals surface area contributed by atoms with Crippen molar-refractivity contribution >= 4 is 39.9 Å². The molecule has 10 heteroatoms. The van der Waals surface area contributed by atoms with E-state index in [-0.39, 0.29) is 6.10 Å². The number of ether oxygens (including phenoxy) is 5. The van der Waals surface area contributed by atoms with Gasteiger partial charge in [-0.3, -0.25) is 0 Å². The van der Waals surface area contributed by atoms with Crippen molar-refractivity contribution in [2.75, 3.05) is 31.5 Å². The fourth-order valence-electron chi connectivity index (χ4n) is 3.32. The third-order valence-electron chi connectivity index (χ3n) is 4.90. The Balaban J connectivity index is 1.55. The highest BCUT2D eigenvalue weighted by atomic mass is 35.5. The number of hydrogen-bond donors (Lipinski definition) is 1. The largest absolute Gasteiger partial charge is 0.493 e. The first kappa shape index (κ1) is 25.0. The fraction of sp³-hybridized carbons (Fsp3) is 0.360. The van der Waals surface area contributed by atoms with Crippen molar-refractivity contribution in [1.29, 1.82) is 0 Å². The van der Waals surface area contributed by atoms with E-state index < -0.39 is 6.41 Å². The summed E-state index contributed by atoms with van der Waals surface area (Å²) in [6, 6.07) is 7.01. The fourth-order valence-corrected chi connectivity index (χ4v) is 3.63. The molecule has 8 nitrogen and oxygen atoms in total. The number of nitrogens with one attached hydrogen (secondary N) is 1. The van der Waals surface area contributed by atoms with Crippen molar-refractivity contribution in [2.45, 2.75) is 32.8 Å². The van der Waals surface area contributed by atoms with Crippen molar-refractivity contribution in [3.05, 3.63) is 41.2 Å². The average Bonchev–Trinajstić information content (AvgIpc) is 3.23. The second-order valence-corrected chi connectivity index (χ2v) is 8.60. The summed E-state index contributed by atoms with van der Waals surface area (Å²) in [6.07, 6.45) is 1.42. The maximum Gasteiger partial charge on any atom is 0.326 e. The van der Waals surface area contributed by atoms with Gasteiger partial charge in [-0.15, -0.1) is 11.6 Å². The van der Waals surface area contributed by atoms with Crippen LogP contribution in [0.5, 0.6) is 23.0 Å². The van der Waals surface area contributed by atoms with Crippen LogP contribution in [0.2, 0.25) is 5.02 Å². The number of hydrogen-bond acceptors (Lipinski definition) is 8. The molecule has 2 aromatic carbocycles. The minimum atomic E-state index is -0.848. The number of alkyl halides is 1. The third kappa shape index (κ3) is 6.12. The lowest BCUT2D eigenvalue weighted by Crippen LogP contribution is -2.28. The first-order chi connectivity index (χ1) is 17.0. The molecule has 0 saturated carbocycles. The van der Waals surface area contributed by atoms with Gasteiger partial charge in [-0.25, -0.2) is 9.97 Å². The number of aromatic nitrogens is 2. The van der Waals surface area contributed by atoms with Crippen LogP contribution in [0.15, 0.2) is 30.6 Å². The molecule has 1 atom stereocenters. The van der Waals surface area contributed by atoms with Gasteiger partial charge < -0.3 is 29.0 Å². The van der Waals surface area contributed by atoms with E-state index in [0.29, 0.717) is 69.4 Å². The van der Waals surface area contributed by atoms with Gasteiger partial charge in [0.2, 0.25) is 0 Å². The summed E-state index contributed by atoms with van der Waals surface area (Å²) in [4.78, 5) is 8.72. The summed E-state index contributed by atoms with van der Waals surface area (Å²) in [6.45, 7) is 4.68. The van der Waals surface area contributed by atoms with Crippen LogP contribution in [0, 0.1) is 11.8 Å². The Morgan fingerprint density at radius 1 is 1.14 bits per heavy atom. The van der Waals surface area contributed by atoms with Crippen molar-refractivity contribution in [2.24, 2.45) is 0 Å². The summed E-state index contributed by atoms with van der Waals surface area (Å²) in [5.74, 6) is 9.14. The van der Waals surface area contributed by atoms with Crippen molar-refractivity contribution in [3.63, 3.8) is 0 Å². The van der Waals surface area contributed by atoms with Gasteiger partial charge in [-0.05, 0) is 32.4 Å². The molecule has 0 bridgehead atoms. The van der Waals surface area contributed by atoms with E-state index in [0.717, 1.165) is 6.42 Å². The molecule has 3 aromatic rings. The molecule has 0 radical (unpaired) electrons. The third-order valence-corrected chi connectivity index (χ3v) is 5.39. The standard InChI is InChI=1S/C25H25Cl2N3O5/c1-15(2)32-8-4-6-16-10-17(27)11-22-23(16)35-25(34-22)30-24-18-12-20(31-3)21(33-9-5-7-26)13-19(18)28-14-29-24/h10-15,25H,5,7-9H2,1-3H3,(H,28,29,30). The number of methoxy groups -OCH3 is 1. The van der Waals surface area contributed by atoms with E-state index in [9.17, 15) is 0 Å². The molecule has 0 spiro atoms. The van der Waals surface area contributed by atoms with Crippen LogP contribution in [0.1, 0.15) is 25.8 Å². The molecule has 0 fully saturated rings. The zero-order chi connectivity index (χ0) is 24.8. The number of benzene rings is 2. The zero-order valence-corrected chi connectivity index (χ0v) is 21.1. The van der Waals surface area contributed by atoms with Gasteiger partial charge in [0.1, 0.15) is 18.8 Å². The Hall–Kier alpha value is -3.12. The summed E-state index contributed by atoms with van der Waals surface area (Å²) in [5, 5.41) is 4.35. The van der Waals surface area contributed by atoms with Crippen molar-refractivity contribution in [3.8, 4) is 34.8 Å². The predicted octanol–water partition coefficient (Wildman–Crippen LogP) is 5.24. The van der Waals surface area contributed by atoms with E-state index in [4.69, 9.17) is 46.9 Å². The maximum absolute atomic E-state index is 6.26. The minimum Gasteiger partial charge on any atom is -0.493 e. The van der Waals surface area contributed by atoms with E-state index >= 15 is 0 Å². The lowest BCUT2D eigenvalue weighted by Gasteiger charge is -2.16. The average molecular weight is 518 g/mol. The van der Waals surface area contributed by atoms with Gasteiger partial charge >= 0.3 is 6.41 Å². The molecular weight excluding hydrogens is 493 g/mol. The Bertz CT molecular complexity index is 1260. The second kappa shape index (κ2) is 11.5. The van der Waals surface area contributed by atoms with Gasteiger partial charge in [0.05, 0.1) is 30.9 Å². The van der Waals surface area contributed by atoms with E-state index in [1.807, 2.05) is 13.8 Å². The van der Waals surface area contributed by atoms with Crippen molar-refractivity contribution < 1.29 is 23.7 Å². The molecule has 1 aromatic heterocycles. The molecule has 0 amide bonds. The summed E-state index contributed by atoms with van der Waals surface area (Å²) < 4.78 is 28.7. The van der Waals surface area contributed by atoms with E-state index in [2.05, 4.69) is 27.1 Å². The summed E-state index contributed by atoms with van der Waals surface area (Å²) in [7, 11) is 1.57. The van der Waals surface area contributed by atoms with Crippen LogP contribution in [0.4, 0.5) is 5.82 Å². The van der Waals surface area contributed by atoms with Gasteiger partial charge in [-0.1, -0.05) is 23.4 Å². The Labute approximate surface area is 213 Å². The molecular formula is C25H25Cl2N3O5. The van der Waals surface area contributed by atoms with Crippen LogP contribution in [0.25, 0.3) is 10.9 Å². The lowest BCUT2D eigenvalue weighted by atomic mass is 10.2. The van der Waals surface area contributed by atoms with Gasteiger partial charge in [0, 0.05) is 28.4 Å². The highest BCUT2D eigenvalue weighted by Gasteiger charge is 2.28. The molecule has 2 heterocycles. The normalized spacial score (nSPS) is 14.1. The van der Waals surface area contributed by atoms with Gasteiger partial charge in [0.25, 0.3) is 0 Å². The van der Waals surface area contributed by atoms with E-state index in [1.54, 1.807) is 31.4 Å². The molecule has 1 unspecified atom stereocenters. The van der Waals surface area contributed by atoms with Crippen LogP contribution in [-0.2, 0) is 4.74 Å². The van der Waals surface area contributed by atoms with Crippen LogP contribution >= 0.6 is 23.2 Å². The second-order valence-electron chi connectivity index (χ2n) is 7.79. The Kier molecular flexibility index (Phi) is 8.24. The highest BCUT2D eigenvalue weighted by molar-refractivity contribution is 6.31.